The van der Waals surface area contributed by atoms with Crippen LogP contribution in [0.15, 0.2) is 34.7 Å². The van der Waals surface area contributed by atoms with E-state index in [2.05, 4.69) is 5.32 Å². The van der Waals surface area contributed by atoms with Gasteiger partial charge in [0.25, 0.3) is 5.91 Å². The number of rotatable bonds is 3. The van der Waals surface area contributed by atoms with E-state index in [9.17, 15) is 4.79 Å². The monoisotopic (exact) mass is 256 g/mol. The average molecular weight is 256 g/mol. The van der Waals surface area contributed by atoms with Crippen LogP contribution >= 0.6 is 0 Å². The van der Waals surface area contributed by atoms with Crippen molar-refractivity contribution in [2.45, 2.75) is 13.3 Å². The van der Waals surface area contributed by atoms with E-state index >= 15 is 0 Å². The molecule has 0 aliphatic rings. The Morgan fingerprint density at radius 3 is 2.89 bits per heavy atom. The Morgan fingerprint density at radius 2 is 2.11 bits per heavy atom. The lowest BCUT2D eigenvalue weighted by Crippen LogP contribution is -2.25. The number of hydrogen-bond acceptors (Lipinski definition) is 2. The van der Waals surface area contributed by atoms with Gasteiger partial charge >= 0.3 is 0 Å². The number of furan rings is 1. The van der Waals surface area contributed by atoms with Crippen LogP contribution in [-0.4, -0.2) is 17.0 Å². The van der Waals surface area contributed by atoms with E-state index in [1.54, 1.807) is 6.07 Å². The van der Waals surface area contributed by atoms with Crippen molar-refractivity contribution in [2.24, 2.45) is 7.05 Å². The van der Waals surface area contributed by atoms with Crippen LogP contribution in [0.1, 0.15) is 23.8 Å². The molecular formula is C15H16N2O2. The minimum absolute atomic E-state index is 0.0557. The molecule has 0 spiro atoms. The lowest BCUT2D eigenvalue weighted by molar-refractivity contribution is 0.0946. The van der Waals surface area contributed by atoms with Crippen molar-refractivity contribution < 1.29 is 9.21 Å². The van der Waals surface area contributed by atoms with Gasteiger partial charge in [0, 0.05) is 25.0 Å². The fourth-order valence-electron chi connectivity index (χ4n) is 2.38. The van der Waals surface area contributed by atoms with Crippen LogP contribution in [0.25, 0.3) is 22.1 Å². The zero-order chi connectivity index (χ0) is 13.4. The van der Waals surface area contributed by atoms with Crippen LogP contribution in [0.3, 0.4) is 0 Å². The Bertz CT molecular complexity index is 752. The second-order valence-corrected chi connectivity index (χ2v) is 4.66. The molecule has 3 aromatic rings. The van der Waals surface area contributed by atoms with Crippen LogP contribution in [0, 0.1) is 0 Å². The van der Waals surface area contributed by atoms with E-state index in [1.807, 2.05) is 42.8 Å². The predicted octanol–water partition coefficient (Wildman–Crippen LogP) is 3.06. The molecule has 0 aliphatic heterocycles. The molecule has 0 fully saturated rings. The fourth-order valence-corrected chi connectivity index (χ4v) is 2.38. The third-order valence-electron chi connectivity index (χ3n) is 3.33. The molecule has 0 bridgehead atoms. The van der Waals surface area contributed by atoms with Crippen LogP contribution in [0.4, 0.5) is 0 Å². The number of nitrogens with zero attached hydrogens (tertiary/aromatic N) is 1. The highest BCUT2D eigenvalue weighted by Crippen LogP contribution is 2.30. The van der Waals surface area contributed by atoms with Gasteiger partial charge in [-0.2, -0.15) is 0 Å². The Labute approximate surface area is 111 Å². The molecular weight excluding hydrogens is 240 g/mol. The zero-order valence-electron chi connectivity index (χ0n) is 11.1. The molecule has 0 saturated carbocycles. The van der Waals surface area contributed by atoms with E-state index in [-0.39, 0.29) is 5.91 Å². The number of para-hydroxylation sites is 1. The number of carbonyl (C=O) groups is 1. The first-order valence-electron chi connectivity index (χ1n) is 6.47. The highest BCUT2D eigenvalue weighted by molar-refractivity contribution is 6.07. The van der Waals surface area contributed by atoms with Gasteiger partial charge in [-0.3, -0.25) is 4.79 Å². The molecule has 98 valence electrons. The van der Waals surface area contributed by atoms with Crippen LogP contribution in [-0.2, 0) is 7.05 Å². The molecule has 0 saturated heterocycles. The Balaban J connectivity index is 2.13. The Kier molecular flexibility index (Phi) is 2.78. The summed E-state index contributed by atoms with van der Waals surface area (Å²) in [7, 11) is 1.89. The molecule has 0 aliphatic carbocycles. The van der Waals surface area contributed by atoms with Crippen molar-refractivity contribution in [3.05, 3.63) is 36.0 Å². The number of aromatic nitrogens is 1. The maximum atomic E-state index is 12.1. The summed E-state index contributed by atoms with van der Waals surface area (Å²) >= 11 is 0. The van der Waals surface area contributed by atoms with Crippen molar-refractivity contribution in [3.8, 4) is 0 Å². The summed E-state index contributed by atoms with van der Waals surface area (Å²) in [6, 6.07) is 9.67. The summed E-state index contributed by atoms with van der Waals surface area (Å²) in [4.78, 5) is 12.1. The van der Waals surface area contributed by atoms with Gasteiger partial charge in [0.15, 0.2) is 5.58 Å². The van der Waals surface area contributed by atoms with Crippen LogP contribution in [0.2, 0.25) is 0 Å². The molecule has 3 rings (SSSR count). The topological polar surface area (TPSA) is 47.2 Å². The molecule has 0 atom stereocenters. The number of amides is 1. The lowest BCUT2D eigenvalue weighted by Gasteiger charge is -2.04. The number of carbonyl (C=O) groups excluding carboxylic acids is 1. The number of fused-ring (bicyclic) bond motifs is 3. The number of aryl methyl sites for hydroxylation is 1. The van der Waals surface area contributed by atoms with Crippen molar-refractivity contribution in [3.63, 3.8) is 0 Å². The minimum atomic E-state index is -0.0557. The minimum Gasteiger partial charge on any atom is -0.454 e. The third-order valence-corrected chi connectivity index (χ3v) is 3.33. The van der Waals surface area contributed by atoms with Crippen LogP contribution in [0.5, 0.6) is 0 Å². The molecule has 0 radical (unpaired) electrons. The van der Waals surface area contributed by atoms with Gasteiger partial charge in [-0.25, -0.2) is 0 Å². The van der Waals surface area contributed by atoms with Crippen molar-refractivity contribution >= 4 is 28.0 Å². The summed E-state index contributed by atoms with van der Waals surface area (Å²) < 4.78 is 7.66. The molecule has 2 aromatic heterocycles. The Morgan fingerprint density at radius 1 is 1.32 bits per heavy atom. The predicted molar refractivity (Wildman–Crippen MR) is 75.3 cm³/mol. The largest absolute Gasteiger partial charge is 0.454 e. The molecule has 1 N–H and O–H groups in total. The van der Waals surface area contributed by atoms with E-state index in [0.29, 0.717) is 12.2 Å². The summed E-state index contributed by atoms with van der Waals surface area (Å²) in [5.74, 6) is -0.0557. The summed E-state index contributed by atoms with van der Waals surface area (Å²) in [5, 5.41) is 3.92. The van der Waals surface area contributed by atoms with Gasteiger partial charge in [0.05, 0.1) is 5.52 Å². The first kappa shape index (κ1) is 11.8. The first-order chi connectivity index (χ1) is 9.22. The van der Waals surface area contributed by atoms with Crippen LogP contribution < -0.4 is 5.32 Å². The molecule has 1 amide bonds. The van der Waals surface area contributed by atoms with Gasteiger partial charge in [-0.05, 0) is 18.6 Å². The second kappa shape index (κ2) is 4.46. The zero-order valence-corrected chi connectivity index (χ0v) is 11.1. The number of nitrogens with one attached hydrogen (secondary N) is 1. The maximum absolute atomic E-state index is 12.1. The average Bonchev–Trinajstić information content (AvgIpc) is 2.93. The molecule has 4 heteroatoms. The van der Waals surface area contributed by atoms with E-state index in [0.717, 1.165) is 28.5 Å². The van der Waals surface area contributed by atoms with Crippen molar-refractivity contribution in [2.75, 3.05) is 6.54 Å². The van der Waals surface area contributed by atoms with Gasteiger partial charge in [0.2, 0.25) is 0 Å². The molecule has 2 heterocycles. The molecule has 4 nitrogen and oxygen atoms in total. The SMILES string of the molecule is CCCNC(=O)c1cc2oc3ccccc3c2n1C. The second-order valence-electron chi connectivity index (χ2n) is 4.66. The highest BCUT2D eigenvalue weighted by atomic mass is 16.3. The first-order valence-corrected chi connectivity index (χ1v) is 6.47. The standard InChI is InChI=1S/C15H16N2O2/c1-3-8-16-15(18)11-9-13-14(17(11)2)10-6-4-5-7-12(10)19-13/h4-7,9H,3,8H2,1-2H3,(H,16,18). The van der Waals surface area contributed by atoms with Gasteiger partial charge in [0.1, 0.15) is 11.3 Å². The van der Waals surface area contributed by atoms with E-state index in [1.165, 1.54) is 0 Å². The smallest absolute Gasteiger partial charge is 0.268 e. The normalized spacial score (nSPS) is 11.3. The third kappa shape index (κ3) is 1.80. The van der Waals surface area contributed by atoms with E-state index in [4.69, 9.17) is 4.42 Å². The van der Waals surface area contributed by atoms with Crippen molar-refractivity contribution in [1.29, 1.82) is 0 Å². The summed E-state index contributed by atoms with van der Waals surface area (Å²) in [6.45, 7) is 2.72. The maximum Gasteiger partial charge on any atom is 0.268 e. The molecule has 19 heavy (non-hydrogen) atoms. The number of benzene rings is 1. The summed E-state index contributed by atoms with van der Waals surface area (Å²) in [6.07, 6.45) is 0.926. The Hall–Kier alpha value is -2.23. The molecule has 0 unspecified atom stereocenters. The fraction of sp³-hybridized carbons (Fsp3) is 0.267. The number of hydrogen-bond donors (Lipinski definition) is 1. The van der Waals surface area contributed by atoms with E-state index < -0.39 is 0 Å². The lowest BCUT2D eigenvalue weighted by atomic mass is 10.2. The van der Waals surface area contributed by atoms with Gasteiger partial charge < -0.3 is 14.3 Å². The quantitative estimate of drug-likeness (QED) is 0.782. The van der Waals surface area contributed by atoms with Gasteiger partial charge in [-0.15, -0.1) is 0 Å². The van der Waals surface area contributed by atoms with Gasteiger partial charge in [-0.1, -0.05) is 19.1 Å². The summed E-state index contributed by atoms with van der Waals surface area (Å²) in [5.41, 5.74) is 3.21. The molecule has 1 aromatic carbocycles. The highest BCUT2D eigenvalue weighted by Gasteiger charge is 2.17. The van der Waals surface area contributed by atoms with Crippen molar-refractivity contribution in [1.82, 2.24) is 9.88 Å².